The van der Waals surface area contributed by atoms with Gasteiger partial charge in [0.05, 0.1) is 5.56 Å². The molecule has 1 saturated heterocycles. The smallest absolute Gasteiger partial charge is 0.253 e. The summed E-state index contributed by atoms with van der Waals surface area (Å²) in [4.78, 5) is 18.3. The molecule has 0 spiro atoms. The largest absolute Gasteiger partial charge is 0.372 e. The number of anilines is 1. The van der Waals surface area contributed by atoms with E-state index in [1.165, 1.54) is 18.5 Å². The minimum Gasteiger partial charge on any atom is -0.372 e. The van der Waals surface area contributed by atoms with Crippen molar-refractivity contribution in [2.45, 2.75) is 19.4 Å². The fourth-order valence-electron chi connectivity index (χ4n) is 2.58. The zero-order valence-corrected chi connectivity index (χ0v) is 12.0. The fraction of sp³-hybridized carbons (Fsp3) is 0.294. The molecule has 3 rings (SSSR count). The lowest BCUT2D eigenvalue weighted by molar-refractivity contribution is 0.0950. The second-order valence-corrected chi connectivity index (χ2v) is 5.28. The molecule has 1 N–H and O–H groups in total. The molecule has 21 heavy (non-hydrogen) atoms. The average Bonchev–Trinajstić information content (AvgIpc) is 3.08. The molecule has 1 aromatic heterocycles. The van der Waals surface area contributed by atoms with Crippen molar-refractivity contribution in [2.75, 3.05) is 18.0 Å². The quantitative estimate of drug-likeness (QED) is 0.937. The molecule has 0 atom stereocenters. The van der Waals surface area contributed by atoms with Gasteiger partial charge in [0.15, 0.2) is 0 Å². The number of hydrogen-bond donors (Lipinski definition) is 1. The van der Waals surface area contributed by atoms with Crippen LogP contribution in [-0.2, 0) is 6.54 Å². The first-order chi connectivity index (χ1) is 10.3. The van der Waals surface area contributed by atoms with Gasteiger partial charge in [-0.25, -0.2) is 0 Å². The summed E-state index contributed by atoms with van der Waals surface area (Å²) < 4.78 is 0. The van der Waals surface area contributed by atoms with E-state index in [0.29, 0.717) is 12.1 Å². The van der Waals surface area contributed by atoms with E-state index in [2.05, 4.69) is 39.5 Å². The number of amides is 1. The van der Waals surface area contributed by atoms with Crippen LogP contribution in [0, 0.1) is 0 Å². The molecule has 1 fully saturated rings. The van der Waals surface area contributed by atoms with Gasteiger partial charge in [0.2, 0.25) is 0 Å². The highest BCUT2D eigenvalue weighted by Gasteiger charge is 2.11. The minimum atomic E-state index is -0.0910. The number of carbonyl (C=O) groups is 1. The molecule has 0 radical (unpaired) electrons. The van der Waals surface area contributed by atoms with E-state index < -0.39 is 0 Å². The van der Waals surface area contributed by atoms with Crippen molar-refractivity contribution in [1.29, 1.82) is 0 Å². The number of nitrogens with zero attached hydrogens (tertiary/aromatic N) is 2. The second kappa shape index (κ2) is 6.39. The molecule has 1 aliphatic heterocycles. The van der Waals surface area contributed by atoms with Crippen LogP contribution in [0.25, 0.3) is 0 Å². The summed E-state index contributed by atoms with van der Waals surface area (Å²) >= 11 is 0. The van der Waals surface area contributed by atoms with Gasteiger partial charge in [-0.3, -0.25) is 9.78 Å². The molecular weight excluding hydrogens is 262 g/mol. The molecule has 1 amide bonds. The van der Waals surface area contributed by atoms with E-state index in [0.717, 1.165) is 18.7 Å². The predicted molar refractivity (Wildman–Crippen MR) is 83.3 cm³/mol. The standard InChI is InChI=1S/C17H19N3O/c21-17(15-4-3-9-18-13-15)19-12-14-5-7-16(8-6-14)20-10-1-2-11-20/h3-9,13H,1-2,10-12H2,(H,19,21). The number of nitrogens with one attached hydrogen (secondary N) is 1. The summed E-state index contributed by atoms with van der Waals surface area (Å²) in [6.45, 7) is 2.84. The highest BCUT2D eigenvalue weighted by molar-refractivity contribution is 5.93. The van der Waals surface area contributed by atoms with Gasteiger partial charge in [-0.15, -0.1) is 0 Å². The number of rotatable bonds is 4. The Bertz CT molecular complexity index is 589. The van der Waals surface area contributed by atoms with Crippen LogP contribution in [0.3, 0.4) is 0 Å². The summed E-state index contributed by atoms with van der Waals surface area (Å²) in [6.07, 6.45) is 5.80. The van der Waals surface area contributed by atoms with E-state index in [9.17, 15) is 4.79 Å². The van der Waals surface area contributed by atoms with Gasteiger partial charge in [0.1, 0.15) is 0 Å². The van der Waals surface area contributed by atoms with Crippen molar-refractivity contribution in [3.05, 3.63) is 59.9 Å². The SMILES string of the molecule is O=C(NCc1ccc(N2CCCC2)cc1)c1cccnc1. The molecule has 0 saturated carbocycles. The second-order valence-electron chi connectivity index (χ2n) is 5.28. The third-order valence-corrected chi connectivity index (χ3v) is 3.78. The molecule has 2 aromatic rings. The van der Waals surface area contributed by atoms with Crippen molar-refractivity contribution in [1.82, 2.24) is 10.3 Å². The maximum atomic E-state index is 11.9. The Kier molecular flexibility index (Phi) is 4.15. The zero-order valence-electron chi connectivity index (χ0n) is 12.0. The summed E-state index contributed by atoms with van der Waals surface area (Å²) in [7, 11) is 0. The zero-order chi connectivity index (χ0) is 14.5. The third kappa shape index (κ3) is 3.40. The molecule has 4 heteroatoms. The van der Waals surface area contributed by atoms with E-state index >= 15 is 0 Å². The van der Waals surface area contributed by atoms with Gasteiger partial charge in [-0.2, -0.15) is 0 Å². The first kappa shape index (κ1) is 13.6. The Morgan fingerprint density at radius 3 is 2.57 bits per heavy atom. The predicted octanol–water partition coefficient (Wildman–Crippen LogP) is 2.61. The maximum Gasteiger partial charge on any atom is 0.253 e. The maximum absolute atomic E-state index is 11.9. The normalized spacial score (nSPS) is 14.2. The average molecular weight is 281 g/mol. The molecule has 108 valence electrons. The van der Waals surface area contributed by atoms with Crippen LogP contribution in [0.1, 0.15) is 28.8 Å². The van der Waals surface area contributed by atoms with E-state index in [1.807, 2.05) is 0 Å². The van der Waals surface area contributed by atoms with E-state index in [-0.39, 0.29) is 5.91 Å². The summed E-state index contributed by atoms with van der Waals surface area (Å²) in [5, 5.41) is 2.91. The van der Waals surface area contributed by atoms with Crippen molar-refractivity contribution in [3.8, 4) is 0 Å². The van der Waals surface area contributed by atoms with Gasteiger partial charge in [-0.1, -0.05) is 12.1 Å². The molecule has 1 aliphatic rings. The van der Waals surface area contributed by atoms with Gasteiger partial charge < -0.3 is 10.2 Å². The Labute approximate surface area is 124 Å². The van der Waals surface area contributed by atoms with Crippen LogP contribution in [0.5, 0.6) is 0 Å². The van der Waals surface area contributed by atoms with Crippen LogP contribution in [-0.4, -0.2) is 24.0 Å². The Morgan fingerprint density at radius 2 is 1.90 bits per heavy atom. The van der Waals surface area contributed by atoms with Crippen LogP contribution in [0.4, 0.5) is 5.69 Å². The first-order valence-corrected chi connectivity index (χ1v) is 7.35. The van der Waals surface area contributed by atoms with Crippen molar-refractivity contribution >= 4 is 11.6 Å². The first-order valence-electron chi connectivity index (χ1n) is 7.35. The summed E-state index contributed by atoms with van der Waals surface area (Å²) in [5.74, 6) is -0.0910. The van der Waals surface area contributed by atoms with Crippen molar-refractivity contribution in [3.63, 3.8) is 0 Å². The van der Waals surface area contributed by atoms with Gasteiger partial charge in [-0.05, 0) is 42.7 Å². The lowest BCUT2D eigenvalue weighted by atomic mass is 10.2. The molecule has 1 aromatic carbocycles. The minimum absolute atomic E-state index is 0.0910. The Morgan fingerprint density at radius 1 is 1.14 bits per heavy atom. The van der Waals surface area contributed by atoms with Gasteiger partial charge in [0, 0.05) is 37.7 Å². The number of benzene rings is 1. The fourth-order valence-corrected chi connectivity index (χ4v) is 2.58. The lowest BCUT2D eigenvalue weighted by Gasteiger charge is -2.17. The van der Waals surface area contributed by atoms with Crippen LogP contribution in [0.15, 0.2) is 48.8 Å². The van der Waals surface area contributed by atoms with Crippen molar-refractivity contribution in [2.24, 2.45) is 0 Å². The van der Waals surface area contributed by atoms with Crippen LogP contribution < -0.4 is 10.2 Å². The molecular formula is C17H19N3O. The molecule has 0 bridgehead atoms. The summed E-state index contributed by atoms with van der Waals surface area (Å²) in [6, 6.07) is 12.0. The Hall–Kier alpha value is -2.36. The van der Waals surface area contributed by atoms with Crippen molar-refractivity contribution < 1.29 is 4.79 Å². The van der Waals surface area contributed by atoms with Crippen LogP contribution in [0.2, 0.25) is 0 Å². The topological polar surface area (TPSA) is 45.2 Å². The highest BCUT2D eigenvalue weighted by atomic mass is 16.1. The monoisotopic (exact) mass is 281 g/mol. The Balaban J connectivity index is 1.57. The lowest BCUT2D eigenvalue weighted by Crippen LogP contribution is -2.23. The summed E-state index contributed by atoms with van der Waals surface area (Å²) in [5.41, 5.74) is 2.97. The van der Waals surface area contributed by atoms with E-state index in [4.69, 9.17) is 0 Å². The third-order valence-electron chi connectivity index (χ3n) is 3.78. The molecule has 0 aliphatic carbocycles. The number of pyridine rings is 1. The molecule has 4 nitrogen and oxygen atoms in total. The number of carbonyl (C=O) groups excluding carboxylic acids is 1. The van der Waals surface area contributed by atoms with E-state index in [1.54, 1.807) is 24.5 Å². The van der Waals surface area contributed by atoms with Gasteiger partial charge in [0.25, 0.3) is 5.91 Å². The number of aromatic nitrogens is 1. The van der Waals surface area contributed by atoms with Gasteiger partial charge >= 0.3 is 0 Å². The van der Waals surface area contributed by atoms with Crippen LogP contribution >= 0.6 is 0 Å². The molecule has 0 unspecified atom stereocenters. The highest BCUT2D eigenvalue weighted by Crippen LogP contribution is 2.20. The number of hydrogen-bond acceptors (Lipinski definition) is 3. The molecule has 2 heterocycles.